The molecule has 0 aromatic heterocycles. The molecule has 1 aromatic rings. The van der Waals surface area contributed by atoms with Crippen molar-refractivity contribution in [3.8, 4) is 0 Å². The molecular formula is C12H16F2N2. The molecule has 1 fully saturated rings. The van der Waals surface area contributed by atoms with E-state index in [2.05, 4.69) is 5.43 Å². The van der Waals surface area contributed by atoms with Gasteiger partial charge in [0.25, 0.3) is 0 Å². The smallest absolute Gasteiger partial charge is 0.163 e. The van der Waals surface area contributed by atoms with Crippen molar-refractivity contribution in [1.82, 2.24) is 5.43 Å². The van der Waals surface area contributed by atoms with E-state index in [4.69, 9.17) is 5.84 Å². The first-order valence-electron chi connectivity index (χ1n) is 5.40. The van der Waals surface area contributed by atoms with Gasteiger partial charge < -0.3 is 0 Å². The van der Waals surface area contributed by atoms with Crippen LogP contribution in [0.2, 0.25) is 0 Å². The molecule has 3 N–H and O–H groups in total. The summed E-state index contributed by atoms with van der Waals surface area (Å²) in [6.07, 6.45) is 1.97. The largest absolute Gasteiger partial charge is 0.271 e. The van der Waals surface area contributed by atoms with Gasteiger partial charge in [0.15, 0.2) is 11.6 Å². The van der Waals surface area contributed by atoms with E-state index in [0.717, 1.165) is 12.8 Å². The van der Waals surface area contributed by atoms with Crippen molar-refractivity contribution in [3.05, 3.63) is 34.9 Å². The Balaban J connectivity index is 2.43. The summed E-state index contributed by atoms with van der Waals surface area (Å²) in [5, 5.41) is 0. The van der Waals surface area contributed by atoms with Gasteiger partial charge in [-0.3, -0.25) is 11.3 Å². The van der Waals surface area contributed by atoms with E-state index in [0.29, 0.717) is 11.1 Å². The minimum Gasteiger partial charge on any atom is -0.271 e. The SMILES string of the molecule is Cc1ccc(C(NN)C2(C)CC2)c(F)c1F. The first-order valence-corrected chi connectivity index (χ1v) is 5.40. The van der Waals surface area contributed by atoms with Crippen LogP contribution in [0, 0.1) is 24.0 Å². The van der Waals surface area contributed by atoms with Gasteiger partial charge in [0.2, 0.25) is 0 Å². The van der Waals surface area contributed by atoms with Crippen LogP contribution in [0.3, 0.4) is 0 Å². The highest BCUT2D eigenvalue weighted by atomic mass is 19.2. The van der Waals surface area contributed by atoms with Crippen LogP contribution in [0.5, 0.6) is 0 Å². The second-order valence-electron chi connectivity index (χ2n) is 4.85. The van der Waals surface area contributed by atoms with E-state index < -0.39 is 11.6 Å². The molecule has 2 rings (SSSR count). The second-order valence-corrected chi connectivity index (χ2v) is 4.85. The molecule has 1 aromatic carbocycles. The fourth-order valence-corrected chi connectivity index (χ4v) is 2.04. The van der Waals surface area contributed by atoms with Crippen molar-refractivity contribution in [3.63, 3.8) is 0 Å². The van der Waals surface area contributed by atoms with Crippen LogP contribution < -0.4 is 11.3 Å². The van der Waals surface area contributed by atoms with E-state index >= 15 is 0 Å². The monoisotopic (exact) mass is 226 g/mol. The third-order valence-electron chi connectivity index (χ3n) is 3.52. The quantitative estimate of drug-likeness (QED) is 0.614. The van der Waals surface area contributed by atoms with Crippen LogP contribution in [-0.2, 0) is 0 Å². The van der Waals surface area contributed by atoms with Crippen molar-refractivity contribution in [2.24, 2.45) is 11.3 Å². The van der Waals surface area contributed by atoms with Gasteiger partial charge in [0.1, 0.15) is 0 Å². The Bertz CT molecular complexity index is 414. The number of nitrogens with one attached hydrogen (secondary N) is 1. The average Bonchev–Trinajstić information content (AvgIpc) is 2.98. The Kier molecular flexibility index (Phi) is 2.72. The first kappa shape index (κ1) is 11.5. The highest BCUT2D eigenvalue weighted by Crippen LogP contribution is 2.54. The maximum Gasteiger partial charge on any atom is 0.163 e. The average molecular weight is 226 g/mol. The maximum atomic E-state index is 13.8. The van der Waals surface area contributed by atoms with Gasteiger partial charge in [0, 0.05) is 5.56 Å². The zero-order valence-corrected chi connectivity index (χ0v) is 9.48. The lowest BCUT2D eigenvalue weighted by atomic mass is 9.91. The molecule has 1 atom stereocenters. The number of hydrogen-bond acceptors (Lipinski definition) is 2. The van der Waals surface area contributed by atoms with Crippen LogP contribution in [0.15, 0.2) is 12.1 Å². The lowest BCUT2D eigenvalue weighted by Crippen LogP contribution is -2.34. The van der Waals surface area contributed by atoms with Gasteiger partial charge in [-0.05, 0) is 30.7 Å². The van der Waals surface area contributed by atoms with Crippen molar-refractivity contribution >= 4 is 0 Å². The van der Waals surface area contributed by atoms with Crippen molar-refractivity contribution in [2.45, 2.75) is 32.7 Å². The predicted octanol–water partition coefficient (Wildman–Crippen LogP) is 2.58. The van der Waals surface area contributed by atoms with Crippen molar-refractivity contribution < 1.29 is 8.78 Å². The Morgan fingerprint density at radius 3 is 2.44 bits per heavy atom. The standard InChI is InChI=1S/C12H16F2N2/c1-7-3-4-8(10(14)9(7)13)11(16-15)12(2)5-6-12/h3-4,11,16H,5-6,15H2,1-2H3. The van der Waals surface area contributed by atoms with Gasteiger partial charge in [-0.15, -0.1) is 0 Å². The molecule has 0 heterocycles. The lowest BCUT2D eigenvalue weighted by Gasteiger charge is -2.23. The van der Waals surface area contributed by atoms with E-state index in [1.54, 1.807) is 19.1 Å². The molecule has 1 aliphatic carbocycles. The molecule has 16 heavy (non-hydrogen) atoms. The highest BCUT2D eigenvalue weighted by molar-refractivity contribution is 5.30. The zero-order valence-electron chi connectivity index (χ0n) is 9.48. The third kappa shape index (κ3) is 1.72. The van der Waals surface area contributed by atoms with E-state index in [1.807, 2.05) is 6.92 Å². The van der Waals surface area contributed by atoms with Gasteiger partial charge in [-0.1, -0.05) is 19.1 Å². The summed E-state index contributed by atoms with van der Waals surface area (Å²) in [5.41, 5.74) is 3.20. The molecule has 0 aliphatic heterocycles. The van der Waals surface area contributed by atoms with Gasteiger partial charge in [-0.2, -0.15) is 0 Å². The molecule has 1 saturated carbocycles. The highest BCUT2D eigenvalue weighted by Gasteiger charge is 2.46. The topological polar surface area (TPSA) is 38.0 Å². The first-order chi connectivity index (χ1) is 7.49. The number of halogens is 2. The zero-order chi connectivity index (χ0) is 11.9. The Morgan fingerprint density at radius 1 is 1.31 bits per heavy atom. The molecule has 88 valence electrons. The number of hydrogen-bond donors (Lipinski definition) is 2. The molecule has 0 bridgehead atoms. The Labute approximate surface area is 93.8 Å². The van der Waals surface area contributed by atoms with Crippen molar-refractivity contribution in [1.29, 1.82) is 0 Å². The predicted molar refractivity (Wildman–Crippen MR) is 58.5 cm³/mol. The van der Waals surface area contributed by atoms with Crippen LogP contribution in [0.25, 0.3) is 0 Å². The molecule has 0 radical (unpaired) electrons. The summed E-state index contributed by atoms with van der Waals surface area (Å²) >= 11 is 0. The van der Waals surface area contributed by atoms with Crippen molar-refractivity contribution in [2.75, 3.05) is 0 Å². The normalized spacial score (nSPS) is 19.6. The maximum absolute atomic E-state index is 13.8. The van der Waals surface area contributed by atoms with E-state index in [-0.39, 0.29) is 11.5 Å². The molecular weight excluding hydrogens is 210 g/mol. The molecule has 4 heteroatoms. The lowest BCUT2D eigenvalue weighted by molar-refractivity contribution is 0.353. The molecule has 0 spiro atoms. The number of hydrazine groups is 1. The molecule has 2 nitrogen and oxygen atoms in total. The van der Waals surface area contributed by atoms with Crippen LogP contribution in [0.4, 0.5) is 8.78 Å². The molecule has 1 aliphatic rings. The second kappa shape index (κ2) is 3.79. The summed E-state index contributed by atoms with van der Waals surface area (Å²) in [4.78, 5) is 0. The van der Waals surface area contributed by atoms with Gasteiger partial charge in [0.05, 0.1) is 6.04 Å². The fourth-order valence-electron chi connectivity index (χ4n) is 2.04. The summed E-state index contributed by atoms with van der Waals surface area (Å²) in [6, 6.07) is 2.88. The summed E-state index contributed by atoms with van der Waals surface area (Å²) in [6.45, 7) is 3.57. The Morgan fingerprint density at radius 2 is 1.94 bits per heavy atom. The van der Waals surface area contributed by atoms with E-state index in [1.165, 1.54) is 0 Å². The van der Waals surface area contributed by atoms with Crippen LogP contribution in [0.1, 0.15) is 36.9 Å². The van der Waals surface area contributed by atoms with E-state index in [9.17, 15) is 8.78 Å². The number of benzene rings is 1. The molecule has 0 amide bonds. The summed E-state index contributed by atoms with van der Waals surface area (Å²) in [5.74, 6) is 3.89. The summed E-state index contributed by atoms with van der Waals surface area (Å²) < 4.78 is 27.2. The number of rotatable bonds is 3. The minimum atomic E-state index is -0.781. The number of aryl methyl sites for hydroxylation is 1. The molecule has 0 saturated heterocycles. The fraction of sp³-hybridized carbons (Fsp3) is 0.500. The van der Waals surface area contributed by atoms with Gasteiger partial charge in [-0.25, -0.2) is 8.78 Å². The third-order valence-corrected chi connectivity index (χ3v) is 3.52. The summed E-state index contributed by atoms with van der Waals surface area (Å²) in [7, 11) is 0. The van der Waals surface area contributed by atoms with Crippen LogP contribution >= 0.6 is 0 Å². The number of nitrogens with two attached hydrogens (primary N) is 1. The van der Waals surface area contributed by atoms with Gasteiger partial charge >= 0.3 is 0 Å². The van der Waals surface area contributed by atoms with Crippen LogP contribution in [-0.4, -0.2) is 0 Å². The minimum absolute atomic E-state index is 0.0444. The molecule has 1 unspecified atom stereocenters. The Hall–Kier alpha value is -1.00.